The second-order valence-electron chi connectivity index (χ2n) is 7.73. The summed E-state index contributed by atoms with van der Waals surface area (Å²) in [7, 11) is 1.49. The monoisotopic (exact) mass is 488 g/mol. The number of nitrogens with one attached hydrogen (secondary N) is 2. The minimum atomic E-state index is -0.821. The molecule has 1 aromatic heterocycles. The van der Waals surface area contributed by atoms with E-state index in [1.54, 1.807) is 54.6 Å². The highest BCUT2D eigenvalue weighted by Crippen LogP contribution is 2.25. The van der Waals surface area contributed by atoms with Crippen LogP contribution in [-0.4, -0.2) is 34.7 Å². The summed E-state index contributed by atoms with van der Waals surface area (Å²) in [5.74, 6) is -1.73. The molecular formula is C26H21ClN4O4. The number of carbonyl (C=O) groups is 3. The minimum absolute atomic E-state index is 0.0521. The maximum absolute atomic E-state index is 13.2. The third kappa shape index (κ3) is 5.62. The Morgan fingerprint density at radius 2 is 1.66 bits per heavy atom. The number of anilines is 2. The van der Waals surface area contributed by atoms with Crippen LogP contribution in [0.5, 0.6) is 5.75 Å². The van der Waals surface area contributed by atoms with Gasteiger partial charge in [-0.1, -0.05) is 41.4 Å². The van der Waals surface area contributed by atoms with Crippen molar-refractivity contribution in [1.82, 2.24) is 9.97 Å². The molecule has 2 N–H and O–H groups in total. The zero-order valence-corrected chi connectivity index (χ0v) is 19.7. The van der Waals surface area contributed by atoms with Crippen molar-refractivity contribution in [2.45, 2.75) is 13.3 Å². The Kier molecular flexibility index (Phi) is 7.03. The number of hydrogen-bond acceptors (Lipinski definition) is 6. The average Bonchev–Trinajstić information content (AvgIpc) is 2.85. The molecule has 8 nitrogen and oxygen atoms in total. The van der Waals surface area contributed by atoms with E-state index in [1.807, 2.05) is 19.1 Å². The topological polar surface area (TPSA) is 110 Å². The van der Waals surface area contributed by atoms with Crippen LogP contribution in [-0.2, 0) is 16.0 Å². The molecule has 9 heteroatoms. The van der Waals surface area contributed by atoms with Crippen LogP contribution in [0.15, 0.2) is 66.7 Å². The maximum atomic E-state index is 13.2. The van der Waals surface area contributed by atoms with Crippen molar-refractivity contribution in [3.8, 4) is 5.75 Å². The van der Waals surface area contributed by atoms with Crippen LogP contribution in [0.2, 0.25) is 5.02 Å². The predicted molar refractivity (Wildman–Crippen MR) is 134 cm³/mol. The number of methoxy groups -OCH3 is 1. The molecule has 0 radical (unpaired) electrons. The van der Waals surface area contributed by atoms with E-state index in [9.17, 15) is 14.4 Å². The number of benzene rings is 3. The number of ketones is 1. The van der Waals surface area contributed by atoms with Crippen LogP contribution in [0.1, 0.15) is 21.7 Å². The van der Waals surface area contributed by atoms with Gasteiger partial charge in [0.25, 0.3) is 11.8 Å². The number of para-hydroxylation sites is 2. The van der Waals surface area contributed by atoms with E-state index < -0.39 is 24.0 Å². The first-order chi connectivity index (χ1) is 16.8. The molecule has 0 aliphatic heterocycles. The van der Waals surface area contributed by atoms with Gasteiger partial charge in [-0.15, -0.1) is 0 Å². The number of carbonyl (C=O) groups excluding carboxylic acids is 3. The molecule has 0 unspecified atom stereocenters. The number of halogens is 1. The second kappa shape index (κ2) is 10.3. The zero-order valence-electron chi connectivity index (χ0n) is 19.0. The molecule has 0 bridgehead atoms. The number of nitrogens with zero attached hydrogens (tertiary/aromatic N) is 2. The van der Waals surface area contributed by atoms with Gasteiger partial charge in [0, 0.05) is 10.7 Å². The van der Waals surface area contributed by atoms with Crippen molar-refractivity contribution in [2.24, 2.45) is 0 Å². The molecule has 0 aliphatic rings. The van der Waals surface area contributed by atoms with Crippen LogP contribution < -0.4 is 15.4 Å². The molecule has 0 fully saturated rings. The van der Waals surface area contributed by atoms with Gasteiger partial charge in [0.2, 0.25) is 5.78 Å². The highest BCUT2D eigenvalue weighted by atomic mass is 35.5. The number of rotatable bonds is 7. The summed E-state index contributed by atoms with van der Waals surface area (Å²) in [6.45, 7) is 1.92. The number of aromatic nitrogens is 2. The fourth-order valence-corrected chi connectivity index (χ4v) is 3.53. The van der Waals surface area contributed by atoms with Gasteiger partial charge in [-0.05, 0) is 49.4 Å². The van der Waals surface area contributed by atoms with Gasteiger partial charge < -0.3 is 15.4 Å². The number of Topliss-reactive ketones (excluding diaryl/α,β-unsaturated/α-hetero) is 1. The van der Waals surface area contributed by atoms with E-state index in [0.29, 0.717) is 33.2 Å². The molecule has 176 valence electrons. The van der Waals surface area contributed by atoms with Gasteiger partial charge in [0.1, 0.15) is 5.75 Å². The van der Waals surface area contributed by atoms with Crippen molar-refractivity contribution < 1.29 is 19.1 Å². The molecule has 2 amide bonds. The highest BCUT2D eigenvalue weighted by Gasteiger charge is 2.23. The summed E-state index contributed by atoms with van der Waals surface area (Å²) in [5.41, 5.74) is 2.71. The first-order valence-corrected chi connectivity index (χ1v) is 11.0. The van der Waals surface area contributed by atoms with E-state index >= 15 is 0 Å². The average molecular weight is 489 g/mol. The zero-order chi connectivity index (χ0) is 24.9. The Bertz CT molecular complexity index is 1440. The van der Waals surface area contributed by atoms with Crippen LogP contribution >= 0.6 is 11.6 Å². The summed E-state index contributed by atoms with van der Waals surface area (Å²) in [6.07, 6.45) is -0.429. The first-order valence-electron chi connectivity index (χ1n) is 10.7. The lowest BCUT2D eigenvalue weighted by Crippen LogP contribution is -2.27. The Balaban J connectivity index is 1.65. The first kappa shape index (κ1) is 23.8. The third-order valence-corrected chi connectivity index (χ3v) is 5.39. The molecule has 4 rings (SSSR count). The molecule has 4 aromatic rings. The highest BCUT2D eigenvalue weighted by molar-refractivity contribution is 6.41. The Hall–Kier alpha value is -4.30. The Morgan fingerprint density at radius 3 is 2.40 bits per heavy atom. The van der Waals surface area contributed by atoms with Crippen molar-refractivity contribution in [2.75, 3.05) is 17.7 Å². The Labute approximate surface area is 206 Å². The molecule has 0 spiro atoms. The lowest BCUT2D eigenvalue weighted by Gasteiger charge is -2.12. The smallest absolute Gasteiger partial charge is 0.292 e. The number of hydrogen-bond donors (Lipinski definition) is 2. The van der Waals surface area contributed by atoms with Gasteiger partial charge >= 0.3 is 0 Å². The fourth-order valence-electron chi connectivity index (χ4n) is 3.37. The van der Waals surface area contributed by atoms with Crippen molar-refractivity contribution in [3.05, 3.63) is 88.7 Å². The van der Waals surface area contributed by atoms with Gasteiger partial charge in [-0.25, -0.2) is 9.97 Å². The molecule has 0 atom stereocenters. The minimum Gasteiger partial charge on any atom is -0.495 e. The Morgan fingerprint density at radius 1 is 0.914 bits per heavy atom. The summed E-state index contributed by atoms with van der Waals surface area (Å²) in [4.78, 5) is 47.3. The van der Waals surface area contributed by atoms with Crippen LogP contribution in [0.4, 0.5) is 11.4 Å². The molecule has 0 saturated carbocycles. The van der Waals surface area contributed by atoms with Gasteiger partial charge in [0.05, 0.1) is 35.9 Å². The molecule has 35 heavy (non-hydrogen) atoms. The third-order valence-electron chi connectivity index (χ3n) is 5.16. The lowest BCUT2D eigenvalue weighted by molar-refractivity contribution is -0.134. The van der Waals surface area contributed by atoms with Gasteiger partial charge in [-0.2, -0.15) is 0 Å². The molecular weight excluding hydrogens is 468 g/mol. The summed E-state index contributed by atoms with van der Waals surface area (Å²) < 4.78 is 5.28. The summed E-state index contributed by atoms with van der Waals surface area (Å²) >= 11 is 6.08. The number of fused-ring (bicyclic) bond motifs is 1. The molecule has 0 saturated heterocycles. The molecule has 0 aliphatic carbocycles. The fraction of sp³-hybridized carbons (Fsp3) is 0.115. The maximum Gasteiger partial charge on any atom is 0.292 e. The summed E-state index contributed by atoms with van der Waals surface area (Å²) in [5, 5.41) is 5.73. The van der Waals surface area contributed by atoms with E-state index in [4.69, 9.17) is 16.3 Å². The number of amides is 2. The van der Waals surface area contributed by atoms with E-state index in [-0.39, 0.29) is 11.4 Å². The van der Waals surface area contributed by atoms with Crippen molar-refractivity contribution in [1.29, 1.82) is 0 Å². The quantitative estimate of drug-likeness (QED) is 0.368. The number of ether oxygens (including phenoxy) is 1. The van der Waals surface area contributed by atoms with Gasteiger partial charge in [-0.3, -0.25) is 14.4 Å². The number of aryl methyl sites for hydroxylation is 1. The molecule has 3 aromatic carbocycles. The van der Waals surface area contributed by atoms with Crippen molar-refractivity contribution in [3.63, 3.8) is 0 Å². The van der Waals surface area contributed by atoms with Crippen LogP contribution in [0.25, 0.3) is 11.0 Å². The van der Waals surface area contributed by atoms with Crippen LogP contribution in [0, 0.1) is 6.92 Å². The SMILES string of the molecule is COc1ccccc1NC(=O)c1nc2ccc(Cl)cc2nc1CC(=O)C(=O)Nc1ccc(C)cc1. The van der Waals surface area contributed by atoms with Gasteiger partial charge in [0.15, 0.2) is 5.69 Å². The van der Waals surface area contributed by atoms with Crippen LogP contribution in [0.3, 0.4) is 0 Å². The molecule has 1 heterocycles. The predicted octanol–water partition coefficient (Wildman–Crippen LogP) is 4.60. The second-order valence-corrected chi connectivity index (χ2v) is 8.16. The summed E-state index contributed by atoms with van der Waals surface area (Å²) in [6, 6.07) is 18.7. The standard InChI is InChI=1S/C26H21ClN4O4/c1-15-7-10-17(11-8-15)28-25(33)22(32)14-21-24(30-18-12-9-16(27)13-20(18)29-21)26(34)31-19-5-3-4-6-23(19)35-2/h3-13H,14H2,1-2H3,(H,28,33)(H,31,34). The van der Waals surface area contributed by atoms with Crippen molar-refractivity contribution >= 4 is 51.6 Å². The van der Waals surface area contributed by atoms with E-state index in [2.05, 4.69) is 20.6 Å². The van der Waals surface area contributed by atoms with E-state index in [0.717, 1.165) is 5.56 Å². The van der Waals surface area contributed by atoms with E-state index in [1.165, 1.54) is 7.11 Å². The largest absolute Gasteiger partial charge is 0.495 e. The lowest BCUT2D eigenvalue weighted by atomic mass is 10.1. The normalized spacial score (nSPS) is 10.6.